The number of hydrogen-bond acceptors (Lipinski definition) is 3. The zero-order valence-corrected chi connectivity index (χ0v) is 16.4. The van der Waals surface area contributed by atoms with E-state index in [-0.39, 0.29) is 0 Å². The third-order valence-corrected chi connectivity index (χ3v) is 5.76. The van der Waals surface area contributed by atoms with Crippen molar-refractivity contribution in [1.29, 1.82) is 0 Å². The number of aryl methyl sites for hydroxylation is 1. The number of benzene rings is 1. The van der Waals surface area contributed by atoms with E-state index in [0.717, 1.165) is 19.0 Å². The molecule has 1 aliphatic heterocycles. The van der Waals surface area contributed by atoms with Crippen LogP contribution in [0.2, 0.25) is 0 Å². The van der Waals surface area contributed by atoms with Gasteiger partial charge >= 0.3 is 0 Å². The summed E-state index contributed by atoms with van der Waals surface area (Å²) in [6, 6.07) is 13.0. The molecule has 3 rings (SSSR count). The molecule has 3 heteroatoms. The molecule has 0 aliphatic carbocycles. The van der Waals surface area contributed by atoms with Crippen LogP contribution in [0.4, 0.5) is 0 Å². The number of rotatable bonds is 8. The average Bonchev–Trinajstić information content (AvgIpc) is 2.69. The predicted octanol–water partition coefficient (Wildman–Crippen LogP) is 4.17. The summed E-state index contributed by atoms with van der Waals surface area (Å²) in [7, 11) is 0. The fourth-order valence-electron chi connectivity index (χ4n) is 3.98. The number of nitrogens with zero attached hydrogens (tertiary/aromatic N) is 3. The lowest BCUT2D eigenvalue weighted by Crippen LogP contribution is -2.39. The zero-order valence-electron chi connectivity index (χ0n) is 16.4. The lowest BCUT2D eigenvalue weighted by molar-refractivity contribution is 0.143. The molecule has 2 aromatic rings. The first-order chi connectivity index (χ1) is 12.7. The maximum absolute atomic E-state index is 4.25. The largest absolute Gasteiger partial charge is 0.303 e. The Morgan fingerprint density at radius 2 is 1.92 bits per heavy atom. The molecule has 2 heterocycles. The van der Waals surface area contributed by atoms with Crippen molar-refractivity contribution < 1.29 is 0 Å². The zero-order chi connectivity index (χ0) is 18.2. The Morgan fingerprint density at radius 1 is 1.12 bits per heavy atom. The van der Waals surface area contributed by atoms with E-state index in [1.165, 1.54) is 62.1 Å². The Labute approximate surface area is 159 Å². The SMILES string of the molecule is CCN(Cc1cccnc1)CC1CCN(CCc2ccccc2C)CC1. The molecule has 3 nitrogen and oxygen atoms in total. The van der Waals surface area contributed by atoms with Crippen molar-refractivity contribution >= 4 is 0 Å². The Hall–Kier alpha value is -1.71. The van der Waals surface area contributed by atoms with E-state index < -0.39 is 0 Å². The predicted molar refractivity (Wildman–Crippen MR) is 109 cm³/mol. The number of likely N-dealkylation sites (tertiary alicyclic amines) is 1. The minimum atomic E-state index is 0.835. The van der Waals surface area contributed by atoms with E-state index in [9.17, 15) is 0 Å². The van der Waals surface area contributed by atoms with Gasteiger partial charge in [0, 0.05) is 32.0 Å². The van der Waals surface area contributed by atoms with E-state index in [2.05, 4.69) is 59.0 Å². The van der Waals surface area contributed by atoms with Gasteiger partial charge in [0.2, 0.25) is 0 Å². The van der Waals surface area contributed by atoms with Gasteiger partial charge in [0.25, 0.3) is 0 Å². The molecule has 0 N–H and O–H groups in total. The lowest BCUT2D eigenvalue weighted by Gasteiger charge is -2.34. The molecule has 0 bridgehead atoms. The summed E-state index contributed by atoms with van der Waals surface area (Å²) in [5, 5.41) is 0. The second kappa shape index (κ2) is 9.84. The van der Waals surface area contributed by atoms with Crippen molar-refractivity contribution in [2.75, 3.05) is 32.7 Å². The summed E-state index contributed by atoms with van der Waals surface area (Å²) in [4.78, 5) is 9.47. The van der Waals surface area contributed by atoms with Crippen molar-refractivity contribution in [1.82, 2.24) is 14.8 Å². The van der Waals surface area contributed by atoms with E-state index in [0.29, 0.717) is 0 Å². The van der Waals surface area contributed by atoms with Gasteiger partial charge in [-0.3, -0.25) is 9.88 Å². The van der Waals surface area contributed by atoms with Crippen LogP contribution in [0.25, 0.3) is 0 Å². The fraction of sp³-hybridized carbons (Fsp3) is 0.522. The Morgan fingerprint density at radius 3 is 2.62 bits per heavy atom. The molecule has 0 amide bonds. The van der Waals surface area contributed by atoms with Crippen LogP contribution in [0.1, 0.15) is 36.5 Å². The first-order valence-electron chi connectivity index (χ1n) is 10.1. The van der Waals surface area contributed by atoms with Gasteiger partial charge in [-0.25, -0.2) is 0 Å². The molecule has 140 valence electrons. The molecule has 0 atom stereocenters. The lowest BCUT2D eigenvalue weighted by atomic mass is 9.95. The highest BCUT2D eigenvalue weighted by molar-refractivity contribution is 5.25. The Bertz CT molecular complexity index is 648. The average molecular weight is 352 g/mol. The highest BCUT2D eigenvalue weighted by Crippen LogP contribution is 2.20. The standard InChI is InChI=1S/C23H33N3/c1-3-25(19-22-8-6-13-24-17-22)18-21-10-14-26(15-11-21)16-12-23-9-5-4-7-20(23)2/h4-9,13,17,21H,3,10-12,14-16,18-19H2,1-2H3. The van der Waals surface area contributed by atoms with Crippen molar-refractivity contribution in [2.24, 2.45) is 5.92 Å². The normalized spacial score (nSPS) is 16.3. The summed E-state index contributed by atoms with van der Waals surface area (Å²) in [6.45, 7) is 11.6. The molecule has 1 aliphatic rings. The molecule has 1 aromatic heterocycles. The van der Waals surface area contributed by atoms with E-state index in [1.54, 1.807) is 0 Å². The van der Waals surface area contributed by atoms with Crippen LogP contribution in [-0.2, 0) is 13.0 Å². The number of hydrogen-bond donors (Lipinski definition) is 0. The monoisotopic (exact) mass is 351 g/mol. The van der Waals surface area contributed by atoms with Gasteiger partial charge < -0.3 is 4.90 Å². The van der Waals surface area contributed by atoms with Crippen molar-refractivity contribution in [3.63, 3.8) is 0 Å². The van der Waals surface area contributed by atoms with Crippen LogP contribution in [-0.4, -0.2) is 47.5 Å². The van der Waals surface area contributed by atoms with Gasteiger partial charge in [-0.05, 0) is 74.5 Å². The van der Waals surface area contributed by atoms with Gasteiger partial charge in [0.05, 0.1) is 0 Å². The maximum Gasteiger partial charge on any atom is 0.0312 e. The van der Waals surface area contributed by atoms with E-state index >= 15 is 0 Å². The first kappa shape index (κ1) is 19.1. The molecule has 0 saturated carbocycles. The molecule has 1 aromatic carbocycles. The van der Waals surface area contributed by atoms with Crippen molar-refractivity contribution in [3.05, 3.63) is 65.5 Å². The smallest absolute Gasteiger partial charge is 0.0312 e. The third-order valence-electron chi connectivity index (χ3n) is 5.76. The van der Waals surface area contributed by atoms with Crippen LogP contribution < -0.4 is 0 Å². The maximum atomic E-state index is 4.25. The Kier molecular flexibility index (Phi) is 7.22. The molecule has 26 heavy (non-hydrogen) atoms. The quantitative estimate of drug-likeness (QED) is 0.712. The summed E-state index contributed by atoms with van der Waals surface area (Å²) in [5.74, 6) is 0.835. The molecule has 0 unspecified atom stereocenters. The number of piperidine rings is 1. The Balaban J connectivity index is 1.41. The molecule has 1 saturated heterocycles. The number of pyridine rings is 1. The van der Waals surface area contributed by atoms with Gasteiger partial charge in [-0.15, -0.1) is 0 Å². The molecule has 0 spiro atoms. The van der Waals surface area contributed by atoms with E-state index in [1.807, 2.05) is 18.5 Å². The fourth-order valence-corrected chi connectivity index (χ4v) is 3.98. The molecular formula is C23H33N3. The summed E-state index contributed by atoms with van der Waals surface area (Å²) < 4.78 is 0. The minimum Gasteiger partial charge on any atom is -0.303 e. The van der Waals surface area contributed by atoms with Gasteiger partial charge in [0.15, 0.2) is 0 Å². The summed E-state index contributed by atoms with van der Waals surface area (Å²) >= 11 is 0. The summed E-state index contributed by atoms with van der Waals surface area (Å²) in [6.07, 6.45) is 7.69. The van der Waals surface area contributed by atoms with Gasteiger partial charge in [0.1, 0.15) is 0 Å². The first-order valence-corrected chi connectivity index (χ1v) is 10.1. The molecular weight excluding hydrogens is 318 g/mol. The van der Waals surface area contributed by atoms with Crippen LogP contribution in [0.3, 0.4) is 0 Å². The van der Waals surface area contributed by atoms with Crippen LogP contribution in [0, 0.1) is 12.8 Å². The summed E-state index contributed by atoms with van der Waals surface area (Å²) in [5.41, 5.74) is 4.25. The topological polar surface area (TPSA) is 19.4 Å². The van der Waals surface area contributed by atoms with E-state index in [4.69, 9.17) is 0 Å². The highest BCUT2D eigenvalue weighted by atomic mass is 15.1. The molecule has 0 radical (unpaired) electrons. The highest BCUT2D eigenvalue weighted by Gasteiger charge is 2.21. The number of aromatic nitrogens is 1. The van der Waals surface area contributed by atoms with Crippen LogP contribution >= 0.6 is 0 Å². The third kappa shape index (κ3) is 5.65. The second-order valence-corrected chi connectivity index (χ2v) is 7.65. The molecule has 1 fully saturated rings. The van der Waals surface area contributed by atoms with Gasteiger partial charge in [-0.2, -0.15) is 0 Å². The van der Waals surface area contributed by atoms with Crippen LogP contribution in [0.5, 0.6) is 0 Å². The second-order valence-electron chi connectivity index (χ2n) is 7.65. The van der Waals surface area contributed by atoms with Crippen molar-refractivity contribution in [2.45, 2.75) is 39.7 Å². The van der Waals surface area contributed by atoms with Crippen LogP contribution in [0.15, 0.2) is 48.8 Å². The van der Waals surface area contributed by atoms with Gasteiger partial charge in [-0.1, -0.05) is 37.3 Å². The van der Waals surface area contributed by atoms with Crippen molar-refractivity contribution in [3.8, 4) is 0 Å². The minimum absolute atomic E-state index is 0.835.